The zero-order valence-electron chi connectivity index (χ0n) is 20.5. The van der Waals surface area contributed by atoms with E-state index in [1.807, 2.05) is 13.8 Å². The predicted molar refractivity (Wildman–Crippen MR) is 135 cm³/mol. The summed E-state index contributed by atoms with van der Waals surface area (Å²) in [5.74, 6) is -0.501. The van der Waals surface area contributed by atoms with Gasteiger partial charge in [-0.3, -0.25) is 0 Å². The highest BCUT2D eigenvalue weighted by Crippen LogP contribution is 2.37. The van der Waals surface area contributed by atoms with Crippen LogP contribution in [0.25, 0.3) is 10.9 Å². The fraction of sp³-hybridized carbons (Fsp3) is 0.250. The van der Waals surface area contributed by atoms with Gasteiger partial charge in [-0.05, 0) is 92.4 Å². The number of hydrogen-bond acceptors (Lipinski definition) is 4. The van der Waals surface area contributed by atoms with E-state index in [2.05, 4.69) is 0 Å². The van der Waals surface area contributed by atoms with Crippen LogP contribution in [0.1, 0.15) is 53.0 Å². The molecule has 0 unspecified atom stereocenters. The smallest absolute Gasteiger partial charge is 0.416 e. The molecule has 0 amide bonds. The SMILES string of the molecule is CC1(C)CCc2cc(S(=O)(=O)n3c(Cc4ccc(C(=O)O)cc4)cc4cc(C(F)(F)F)ccc43)ccc2O1. The first-order chi connectivity index (χ1) is 17.7. The molecular weight excluding hydrogens is 519 g/mol. The molecule has 4 aromatic rings. The zero-order valence-corrected chi connectivity index (χ0v) is 21.4. The molecule has 2 heterocycles. The van der Waals surface area contributed by atoms with Crippen molar-refractivity contribution in [1.29, 1.82) is 0 Å². The van der Waals surface area contributed by atoms with E-state index in [1.54, 1.807) is 24.3 Å². The Labute approximate surface area is 217 Å². The van der Waals surface area contributed by atoms with Gasteiger partial charge in [0, 0.05) is 17.5 Å². The van der Waals surface area contributed by atoms with Crippen molar-refractivity contribution in [2.75, 3.05) is 0 Å². The zero-order chi connectivity index (χ0) is 27.5. The van der Waals surface area contributed by atoms with Gasteiger partial charge < -0.3 is 9.84 Å². The number of rotatable bonds is 5. The number of nitrogens with zero attached hydrogens (tertiary/aromatic N) is 1. The number of carboxylic acid groups (broad SMARTS) is 1. The minimum atomic E-state index is -4.59. The lowest BCUT2D eigenvalue weighted by Crippen LogP contribution is -2.32. The molecule has 0 spiro atoms. The quantitative estimate of drug-likeness (QED) is 0.320. The molecule has 3 aromatic carbocycles. The third-order valence-corrected chi connectivity index (χ3v) is 8.46. The maximum atomic E-state index is 14.0. The summed E-state index contributed by atoms with van der Waals surface area (Å²) >= 11 is 0. The first-order valence-electron chi connectivity index (χ1n) is 11.9. The van der Waals surface area contributed by atoms with Crippen LogP contribution in [0.15, 0.2) is 71.6 Å². The van der Waals surface area contributed by atoms with Crippen molar-refractivity contribution in [2.45, 2.75) is 49.8 Å². The average Bonchev–Trinajstić information content (AvgIpc) is 3.20. The maximum Gasteiger partial charge on any atom is 0.416 e. The number of aryl methyl sites for hydroxylation is 1. The normalized spacial score (nSPS) is 15.2. The minimum Gasteiger partial charge on any atom is -0.488 e. The van der Waals surface area contributed by atoms with Crippen LogP contribution >= 0.6 is 0 Å². The monoisotopic (exact) mass is 543 g/mol. The summed E-state index contributed by atoms with van der Waals surface area (Å²) in [7, 11) is -4.22. The number of carbonyl (C=O) groups is 1. The van der Waals surface area contributed by atoms with E-state index in [1.165, 1.54) is 24.3 Å². The second-order valence-electron chi connectivity index (χ2n) is 9.99. The molecule has 1 N–H and O–H groups in total. The van der Waals surface area contributed by atoms with Gasteiger partial charge in [0.25, 0.3) is 10.0 Å². The molecule has 0 fully saturated rings. The van der Waals surface area contributed by atoms with Crippen LogP contribution in [-0.4, -0.2) is 29.1 Å². The van der Waals surface area contributed by atoms with Gasteiger partial charge in [0.05, 0.1) is 21.5 Å². The third-order valence-electron chi connectivity index (χ3n) is 6.70. The van der Waals surface area contributed by atoms with E-state index < -0.39 is 27.7 Å². The first kappa shape index (κ1) is 25.8. The maximum absolute atomic E-state index is 14.0. The van der Waals surface area contributed by atoms with Crippen molar-refractivity contribution >= 4 is 26.9 Å². The number of hydrogen-bond donors (Lipinski definition) is 1. The van der Waals surface area contributed by atoms with Crippen LogP contribution in [0.3, 0.4) is 0 Å². The van der Waals surface area contributed by atoms with Crippen LogP contribution in [0.5, 0.6) is 5.75 Å². The van der Waals surface area contributed by atoms with Gasteiger partial charge in [0.15, 0.2) is 0 Å². The molecule has 1 aromatic heterocycles. The second-order valence-corrected chi connectivity index (χ2v) is 11.8. The van der Waals surface area contributed by atoms with E-state index in [-0.39, 0.29) is 39.1 Å². The molecule has 0 radical (unpaired) electrons. The third kappa shape index (κ3) is 4.76. The summed E-state index contributed by atoms with van der Waals surface area (Å²) in [5.41, 5.74) is 0.520. The number of ether oxygens (including phenoxy) is 1. The molecule has 0 saturated carbocycles. The number of aromatic carboxylic acids is 1. The Morgan fingerprint density at radius 3 is 2.39 bits per heavy atom. The molecule has 0 aliphatic carbocycles. The summed E-state index contributed by atoms with van der Waals surface area (Å²) in [6.07, 6.45) is -3.21. The minimum absolute atomic E-state index is 0.000529. The molecule has 5 rings (SSSR count). The van der Waals surface area contributed by atoms with Crippen molar-refractivity contribution < 1.29 is 36.2 Å². The van der Waals surface area contributed by atoms with Gasteiger partial charge in [-0.15, -0.1) is 0 Å². The lowest BCUT2D eigenvalue weighted by molar-refractivity contribution is -0.137. The molecule has 1 aliphatic heterocycles. The van der Waals surface area contributed by atoms with Crippen LogP contribution in [0.4, 0.5) is 13.2 Å². The Hall–Kier alpha value is -3.79. The Balaban J connectivity index is 1.64. The topological polar surface area (TPSA) is 85.6 Å². The average molecular weight is 544 g/mol. The highest BCUT2D eigenvalue weighted by atomic mass is 32.2. The molecule has 10 heteroatoms. The molecule has 0 atom stereocenters. The summed E-state index contributed by atoms with van der Waals surface area (Å²) in [5, 5.41) is 9.29. The van der Waals surface area contributed by atoms with Gasteiger partial charge in [-0.2, -0.15) is 13.2 Å². The number of carboxylic acids is 1. The van der Waals surface area contributed by atoms with E-state index >= 15 is 0 Å². The number of fused-ring (bicyclic) bond motifs is 2. The van der Waals surface area contributed by atoms with E-state index in [4.69, 9.17) is 9.84 Å². The van der Waals surface area contributed by atoms with E-state index in [9.17, 15) is 26.4 Å². The fourth-order valence-electron chi connectivity index (χ4n) is 4.71. The van der Waals surface area contributed by atoms with Crippen LogP contribution < -0.4 is 4.74 Å². The number of benzene rings is 3. The van der Waals surface area contributed by atoms with Crippen LogP contribution in [0.2, 0.25) is 0 Å². The number of halogens is 3. The van der Waals surface area contributed by atoms with Gasteiger partial charge in [-0.25, -0.2) is 17.2 Å². The first-order valence-corrected chi connectivity index (χ1v) is 13.3. The van der Waals surface area contributed by atoms with Crippen molar-refractivity contribution in [3.05, 3.63) is 94.7 Å². The van der Waals surface area contributed by atoms with E-state index in [0.717, 1.165) is 27.7 Å². The predicted octanol–water partition coefficient (Wildman–Crippen LogP) is 6.29. The molecule has 38 heavy (non-hydrogen) atoms. The summed E-state index contributed by atoms with van der Waals surface area (Å²) < 4.78 is 75.2. The lowest BCUT2D eigenvalue weighted by atomic mass is 9.94. The second kappa shape index (κ2) is 8.90. The fourth-order valence-corrected chi connectivity index (χ4v) is 6.30. The van der Waals surface area contributed by atoms with Gasteiger partial charge in [-0.1, -0.05) is 12.1 Å². The van der Waals surface area contributed by atoms with Gasteiger partial charge >= 0.3 is 12.1 Å². The van der Waals surface area contributed by atoms with Crippen molar-refractivity contribution in [3.63, 3.8) is 0 Å². The van der Waals surface area contributed by atoms with Gasteiger partial charge in [0.1, 0.15) is 11.4 Å². The highest BCUT2D eigenvalue weighted by Gasteiger charge is 2.33. The Kier molecular flexibility index (Phi) is 6.05. The Bertz CT molecular complexity index is 1670. The number of alkyl halides is 3. The van der Waals surface area contributed by atoms with Gasteiger partial charge in [0.2, 0.25) is 0 Å². The van der Waals surface area contributed by atoms with Crippen LogP contribution in [0, 0.1) is 0 Å². The largest absolute Gasteiger partial charge is 0.488 e. The molecule has 6 nitrogen and oxygen atoms in total. The van der Waals surface area contributed by atoms with Crippen molar-refractivity contribution in [2.24, 2.45) is 0 Å². The molecule has 1 aliphatic rings. The Morgan fingerprint density at radius 1 is 1.03 bits per heavy atom. The molecular formula is C28H24F3NO5S. The van der Waals surface area contributed by atoms with E-state index in [0.29, 0.717) is 24.2 Å². The van der Waals surface area contributed by atoms with Crippen molar-refractivity contribution in [3.8, 4) is 5.75 Å². The molecule has 0 saturated heterocycles. The highest BCUT2D eigenvalue weighted by molar-refractivity contribution is 7.90. The lowest BCUT2D eigenvalue weighted by Gasteiger charge is -2.32. The summed E-state index contributed by atoms with van der Waals surface area (Å²) in [6, 6.07) is 14.9. The molecule has 198 valence electrons. The summed E-state index contributed by atoms with van der Waals surface area (Å²) in [4.78, 5) is 11.2. The Morgan fingerprint density at radius 2 is 1.74 bits per heavy atom. The van der Waals surface area contributed by atoms with Crippen LogP contribution in [-0.2, 0) is 29.0 Å². The summed E-state index contributed by atoms with van der Waals surface area (Å²) in [6.45, 7) is 3.91. The molecule has 0 bridgehead atoms. The van der Waals surface area contributed by atoms with Crippen molar-refractivity contribution in [1.82, 2.24) is 3.97 Å². The standard InChI is InChI=1S/C28H24F3NO5S/c1-27(2)12-11-19-16-23(8-10-25(19)37-27)38(35,36)32-22(13-17-3-5-18(6-4-17)26(33)34)15-20-14-21(28(29,30)31)7-9-24(20)32/h3-10,14-16H,11-13H2,1-2H3,(H,33,34). The number of aromatic nitrogens is 1.